The van der Waals surface area contributed by atoms with E-state index < -0.39 is 6.09 Å². The largest absolute Gasteiger partial charge is 0.505 e. The molecule has 0 aliphatic heterocycles. The molecule has 4 rings (SSSR count). The van der Waals surface area contributed by atoms with Crippen molar-refractivity contribution in [2.45, 2.75) is 46.0 Å². The van der Waals surface area contributed by atoms with E-state index in [0.29, 0.717) is 22.2 Å². The van der Waals surface area contributed by atoms with Gasteiger partial charge in [0.25, 0.3) is 0 Å². The first kappa shape index (κ1) is 27.1. The van der Waals surface area contributed by atoms with E-state index in [0.717, 1.165) is 45.4 Å². The lowest BCUT2D eigenvalue weighted by Crippen LogP contribution is -2.29. The number of nitrogens with one attached hydrogen (secondary N) is 1. The number of hydrogen-bond acceptors (Lipinski definition) is 7. The quantitative estimate of drug-likeness (QED) is 0.259. The Morgan fingerprint density at radius 2 is 1.84 bits per heavy atom. The SMILES string of the molecule is CCCCn1sc(=O)n(Cc2ccc(CNC(=O)OCc3ccc4c(Br)cc(Br)c(O)c4n3)cc2)c1=O. The third-order valence-electron chi connectivity index (χ3n) is 5.63. The number of hydrogen-bond donors (Lipinski definition) is 2. The zero-order valence-corrected chi connectivity index (χ0v) is 23.9. The highest BCUT2D eigenvalue weighted by molar-refractivity contribution is 9.11. The van der Waals surface area contributed by atoms with E-state index >= 15 is 0 Å². The van der Waals surface area contributed by atoms with Crippen LogP contribution in [0.15, 0.2) is 61.0 Å². The minimum Gasteiger partial charge on any atom is -0.505 e. The second-order valence-corrected chi connectivity index (χ2v) is 11.0. The minimum absolute atomic E-state index is 0.0129. The molecule has 2 aromatic heterocycles. The number of aryl methyl sites for hydroxylation is 1. The molecule has 2 N–H and O–H groups in total. The number of amides is 1. The number of carbonyl (C=O) groups excluding carboxylic acids is 1. The predicted octanol–water partition coefficient (Wildman–Crippen LogP) is 5.13. The van der Waals surface area contributed by atoms with Crippen LogP contribution in [0.3, 0.4) is 0 Å². The van der Waals surface area contributed by atoms with Crippen molar-refractivity contribution in [2.24, 2.45) is 0 Å². The molecule has 0 aliphatic rings. The molecule has 0 spiro atoms. The standard InChI is InChI=1S/C25H24Br2N4O5S/c1-2-3-10-31-24(34)30(25(35)37-31)13-16-6-4-15(5-7-16)12-28-23(33)36-14-17-8-9-18-19(26)11-20(27)22(32)21(18)29-17/h4-9,11,32H,2-3,10,12-14H2,1H3,(H,28,33). The predicted molar refractivity (Wildman–Crippen MR) is 149 cm³/mol. The molecule has 2 heterocycles. The van der Waals surface area contributed by atoms with Crippen molar-refractivity contribution < 1.29 is 14.6 Å². The molecule has 0 unspecified atom stereocenters. The van der Waals surface area contributed by atoms with E-state index in [4.69, 9.17) is 4.74 Å². The summed E-state index contributed by atoms with van der Waals surface area (Å²) in [5.41, 5.74) is 2.25. The summed E-state index contributed by atoms with van der Waals surface area (Å²) in [5, 5.41) is 13.7. The number of pyridine rings is 1. The van der Waals surface area contributed by atoms with Crippen LogP contribution in [0, 0.1) is 0 Å². The lowest BCUT2D eigenvalue weighted by molar-refractivity contribution is 0.138. The van der Waals surface area contributed by atoms with Crippen LogP contribution in [0.25, 0.3) is 10.9 Å². The van der Waals surface area contributed by atoms with Crippen LogP contribution in [0.5, 0.6) is 5.75 Å². The molecule has 37 heavy (non-hydrogen) atoms. The maximum Gasteiger partial charge on any atom is 0.407 e. The minimum atomic E-state index is -0.608. The lowest BCUT2D eigenvalue weighted by Gasteiger charge is -2.10. The number of ether oxygens (including phenoxy) is 1. The van der Waals surface area contributed by atoms with E-state index in [2.05, 4.69) is 42.2 Å². The molecule has 12 heteroatoms. The van der Waals surface area contributed by atoms with Crippen molar-refractivity contribution in [3.8, 4) is 5.75 Å². The van der Waals surface area contributed by atoms with Gasteiger partial charge in [-0.05, 0) is 51.7 Å². The fourth-order valence-electron chi connectivity index (χ4n) is 3.60. The summed E-state index contributed by atoms with van der Waals surface area (Å²) in [6, 6.07) is 12.6. The summed E-state index contributed by atoms with van der Waals surface area (Å²) in [7, 11) is 0. The Labute approximate surface area is 233 Å². The molecule has 0 aliphatic carbocycles. The van der Waals surface area contributed by atoms with Crippen molar-refractivity contribution in [2.75, 3.05) is 0 Å². The number of phenols is 1. The Balaban J connectivity index is 1.31. The summed E-state index contributed by atoms with van der Waals surface area (Å²) in [6.07, 6.45) is 1.19. The number of benzene rings is 2. The first-order valence-corrected chi connectivity index (χ1v) is 13.9. The molecule has 194 valence electrons. The maximum atomic E-state index is 12.5. The Morgan fingerprint density at radius 1 is 1.11 bits per heavy atom. The first-order valence-electron chi connectivity index (χ1n) is 11.5. The second-order valence-electron chi connectivity index (χ2n) is 8.32. The number of aromatic nitrogens is 3. The van der Waals surface area contributed by atoms with Gasteiger partial charge < -0.3 is 15.2 Å². The number of halogens is 2. The van der Waals surface area contributed by atoms with Gasteiger partial charge in [-0.25, -0.2) is 23.1 Å². The highest BCUT2D eigenvalue weighted by atomic mass is 79.9. The molecule has 0 bridgehead atoms. The highest BCUT2D eigenvalue weighted by Crippen LogP contribution is 2.36. The average Bonchev–Trinajstić information content (AvgIpc) is 3.16. The number of aromatic hydroxyl groups is 1. The monoisotopic (exact) mass is 650 g/mol. The maximum absolute atomic E-state index is 12.5. The molecular formula is C25H24Br2N4O5S. The van der Waals surface area contributed by atoms with Gasteiger partial charge in [0.2, 0.25) is 0 Å². The number of phenolic OH excluding ortho intramolecular Hbond substituents is 1. The summed E-state index contributed by atoms with van der Waals surface area (Å²) >= 11 is 7.68. The lowest BCUT2D eigenvalue weighted by atomic mass is 10.1. The van der Waals surface area contributed by atoms with Gasteiger partial charge in [0, 0.05) is 34.5 Å². The van der Waals surface area contributed by atoms with E-state index in [1.807, 2.05) is 31.2 Å². The van der Waals surface area contributed by atoms with Crippen LogP contribution in [-0.2, 0) is 31.0 Å². The number of fused-ring (bicyclic) bond motifs is 1. The number of nitrogens with zero attached hydrogens (tertiary/aromatic N) is 3. The third kappa shape index (κ3) is 6.49. The van der Waals surface area contributed by atoms with Crippen LogP contribution in [0.2, 0.25) is 0 Å². The van der Waals surface area contributed by atoms with Gasteiger partial charge in [-0.2, -0.15) is 0 Å². The third-order valence-corrected chi connectivity index (χ3v) is 7.83. The molecule has 9 nitrogen and oxygen atoms in total. The molecule has 4 aromatic rings. The van der Waals surface area contributed by atoms with Crippen molar-refractivity contribution in [1.82, 2.24) is 18.8 Å². The number of alkyl carbamates (subject to hydrolysis) is 1. The van der Waals surface area contributed by atoms with Crippen LogP contribution in [0.1, 0.15) is 36.6 Å². The molecule has 1 amide bonds. The Kier molecular flexibility index (Phi) is 8.83. The molecular weight excluding hydrogens is 628 g/mol. The van der Waals surface area contributed by atoms with E-state index in [1.54, 1.807) is 18.2 Å². The zero-order chi connectivity index (χ0) is 26.5. The highest BCUT2D eigenvalue weighted by Gasteiger charge is 2.13. The number of rotatable bonds is 9. The first-order chi connectivity index (χ1) is 17.8. The van der Waals surface area contributed by atoms with Crippen molar-refractivity contribution in [3.63, 3.8) is 0 Å². The van der Waals surface area contributed by atoms with Crippen LogP contribution >= 0.6 is 43.4 Å². The zero-order valence-electron chi connectivity index (χ0n) is 19.9. The molecule has 0 saturated heterocycles. The Bertz CT molecular complexity index is 1550. The van der Waals surface area contributed by atoms with Crippen LogP contribution < -0.4 is 15.9 Å². The van der Waals surface area contributed by atoms with Gasteiger partial charge in [0.15, 0.2) is 5.75 Å². The fourth-order valence-corrected chi connectivity index (χ4v) is 5.70. The fraction of sp³-hybridized carbons (Fsp3) is 0.280. The molecule has 0 radical (unpaired) electrons. The number of unbranched alkanes of at least 4 members (excludes halogenated alkanes) is 1. The summed E-state index contributed by atoms with van der Waals surface area (Å²) in [5.74, 6) is 0.0129. The van der Waals surface area contributed by atoms with Crippen molar-refractivity contribution >= 4 is 60.4 Å². The summed E-state index contributed by atoms with van der Waals surface area (Å²) in [4.78, 5) is 41.0. The average molecular weight is 652 g/mol. The van der Waals surface area contributed by atoms with Gasteiger partial charge in [-0.1, -0.05) is 53.5 Å². The van der Waals surface area contributed by atoms with Gasteiger partial charge in [0.05, 0.1) is 16.7 Å². The van der Waals surface area contributed by atoms with Gasteiger partial charge in [-0.15, -0.1) is 0 Å². The van der Waals surface area contributed by atoms with Crippen LogP contribution in [-0.4, -0.2) is 24.7 Å². The molecule has 0 saturated carbocycles. The smallest absolute Gasteiger partial charge is 0.407 e. The normalized spacial score (nSPS) is 11.1. The van der Waals surface area contributed by atoms with Crippen molar-refractivity contribution in [1.29, 1.82) is 0 Å². The van der Waals surface area contributed by atoms with Crippen molar-refractivity contribution in [3.05, 3.63) is 88.4 Å². The Hall–Kier alpha value is -2.96. The van der Waals surface area contributed by atoms with Crippen LogP contribution in [0.4, 0.5) is 4.79 Å². The van der Waals surface area contributed by atoms with E-state index in [1.165, 1.54) is 8.52 Å². The topological polar surface area (TPSA) is 115 Å². The summed E-state index contributed by atoms with van der Waals surface area (Å²) in [6.45, 7) is 2.97. The van der Waals surface area contributed by atoms with Gasteiger partial charge in [0.1, 0.15) is 12.1 Å². The van der Waals surface area contributed by atoms with Gasteiger partial charge in [-0.3, -0.25) is 4.79 Å². The van der Waals surface area contributed by atoms with E-state index in [9.17, 15) is 19.5 Å². The molecule has 0 atom stereocenters. The van der Waals surface area contributed by atoms with Gasteiger partial charge >= 0.3 is 16.7 Å². The van der Waals surface area contributed by atoms with E-state index in [-0.39, 0.29) is 36.0 Å². The Morgan fingerprint density at radius 3 is 2.57 bits per heavy atom. The molecule has 0 fully saturated rings. The number of carbonyl (C=O) groups is 1. The second kappa shape index (κ2) is 12.1. The molecule has 2 aromatic carbocycles. The summed E-state index contributed by atoms with van der Waals surface area (Å²) < 4.78 is 9.30.